The lowest BCUT2D eigenvalue weighted by Crippen LogP contribution is -2.79. The molecule has 0 spiro atoms. The molecule has 0 amide bonds. The van der Waals surface area contributed by atoms with Crippen molar-refractivity contribution in [2.24, 2.45) is 22.7 Å². The van der Waals surface area contributed by atoms with Crippen molar-refractivity contribution in [3.05, 3.63) is 47.0 Å². The molecule has 1 aliphatic heterocycles. The molecule has 0 radical (unpaired) electrons. The van der Waals surface area contributed by atoms with Crippen LogP contribution >= 0.6 is 0 Å². The monoisotopic (exact) mass is 526 g/mol. The van der Waals surface area contributed by atoms with E-state index in [1.165, 1.54) is 6.92 Å². The van der Waals surface area contributed by atoms with Gasteiger partial charge in [0.25, 0.3) is 0 Å². The Kier molecular flexibility index (Phi) is 6.21. The molecule has 1 heterocycles. The summed E-state index contributed by atoms with van der Waals surface area (Å²) in [6.07, 6.45) is -2.29. The predicted molar refractivity (Wildman–Crippen MR) is 137 cm³/mol. The number of Topliss-reactive ketones (excluding diaryl/α,β-unsaturated/α-hetero) is 1. The van der Waals surface area contributed by atoms with E-state index in [4.69, 9.17) is 14.2 Å². The topological polar surface area (TPSA) is 119 Å². The number of benzene rings is 1. The van der Waals surface area contributed by atoms with Crippen LogP contribution in [-0.2, 0) is 23.8 Å². The minimum absolute atomic E-state index is 0.0680. The Morgan fingerprint density at radius 2 is 1.79 bits per heavy atom. The number of hydrogen-bond donors (Lipinski definition) is 2. The molecule has 8 nitrogen and oxygen atoms in total. The third kappa shape index (κ3) is 3.56. The van der Waals surface area contributed by atoms with E-state index < -0.39 is 58.2 Å². The van der Waals surface area contributed by atoms with Gasteiger partial charge in [-0.3, -0.25) is 9.59 Å². The van der Waals surface area contributed by atoms with Gasteiger partial charge in [-0.25, -0.2) is 4.79 Å². The van der Waals surface area contributed by atoms with Crippen LogP contribution in [0.1, 0.15) is 71.2 Å². The molecule has 2 bridgehead atoms. The Morgan fingerprint density at radius 3 is 2.37 bits per heavy atom. The van der Waals surface area contributed by atoms with Crippen molar-refractivity contribution < 1.29 is 38.8 Å². The number of carbonyl (C=O) groups excluding carboxylic acids is 3. The summed E-state index contributed by atoms with van der Waals surface area (Å²) in [5.74, 6) is -2.16. The molecule has 2 N–H and O–H groups in total. The van der Waals surface area contributed by atoms with Crippen LogP contribution in [-0.4, -0.2) is 64.1 Å². The zero-order chi connectivity index (χ0) is 27.8. The molecule has 38 heavy (non-hydrogen) atoms. The van der Waals surface area contributed by atoms with Crippen LogP contribution in [0.4, 0.5) is 0 Å². The van der Waals surface area contributed by atoms with E-state index in [0.717, 1.165) is 0 Å². The van der Waals surface area contributed by atoms with Crippen LogP contribution in [0.2, 0.25) is 0 Å². The molecule has 1 aromatic carbocycles. The minimum Gasteiger partial charge on any atom is -0.455 e. The van der Waals surface area contributed by atoms with Gasteiger partial charge in [0.1, 0.15) is 17.8 Å². The van der Waals surface area contributed by atoms with E-state index in [1.807, 2.05) is 13.8 Å². The Bertz CT molecular complexity index is 1200. The van der Waals surface area contributed by atoms with Gasteiger partial charge in [0.05, 0.1) is 18.3 Å². The number of ether oxygens (including phenoxy) is 3. The van der Waals surface area contributed by atoms with Crippen molar-refractivity contribution in [2.75, 3.05) is 6.61 Å². The van der Waals surface area contributed by atoms with Gasteiger partial charge in [-0.15, -0.1) is 0 Å². The summed E-state index contributed by atoms with van der Waals surface area (Å²) in [6, 6.07) is 8.51. The fourth-order valence-corrected chi connectivity index (χ4v) is 7.94. The molecule has 3 fully saturated rings. The standard InChI is InChI=1S/C30H38O8/c1-16-12-22-29(15-36-22,38-18(3)31)24-25(37-26(34)19-10-8-7-9-11-19)30(35)14-20(32)17(2)23(27(30,4)5)21(33)13-28(16,24)6/h7-11,16,20,22,24-25,32,35H,12-15H2,1-6H3/t16-,20-,22+,24?,25-,28+,29-,30+/m0/s1. The predicted octanol–water partition coefficient (Wildman–Crippen LogP) is 3.39. The summed E-state index contributed by atoms with van der Waals surface area (Å²) in [5.41, 5.74) is -3.81. The summed E-state index contributed by atoms with van der Waals surface area (Å²) >= 11 is 0. The quantitative estimate of drug-likeness (QED) is 0.576. The van der Waals surface area contributed by atoms with Crippen molar-refractivity contribution in [1.82, 2.24) is 0 Å². The van der Waals surface area contributed by atoms with Gasteiger partial charge in [-0.05, 0) is 42.4 Å². The Hall–Kier alpha value is -2.55. The molecule has 1 unspecified atom stereocenters. The number of fused-ring (bicyclic) bond motifs is 5. The molecule has 206 valence electrons. The fraction of sp³-hybridized carbons (Fsp3) is 0.633. The first-order valence-electron chi connectivity index (χ1n) is 13.4. The number of aliphatic hydroxyl groups is 2. The van der Waals surface area contributed by atoms with Crippen molar-refractivity contribution in [1.29, 1.82) is 0 Å². The van der Waals surface area contributed by atoms with Crippen LogP contribution in [0.15, 0.2) is 41.5 Å². The molecule has 2 saturated carbocycles. The van der Waals surface area contributed by atoms with Gasteiger partial charge >= 0.3 is 11.9 Å². The highest BCUT2D eigenvalue weighted by Crippen LogP contribution is 2.65. The molecule has 5 rings (SSSR count). The van der Waals surface area contributed by atoms with Gasteiger partial charge in [0.15, 0.2) is 11.4 Å². The third-order valence-electron chi connectivity index (χ3n) is 10.3. The SMILES string of the molecule is CC(=O)O[C@@]12CO[C@@H]1C[C@H](C)[C@@]1(C)CC(=O)C3=C(C)[C@@H](O)C[C@@](O)([C@@H](OC(=O)c4ccccc4)C12)C3(C)C. The molecule has 0 aromatic heterocycles. The summed E-state index contributed by atoms with van der Waals surface area (Å²) in [5, 5.41) is 23.8. The molecule has 4 aliphatic rings. The molecule has 1 aromatic rings. The Morgan fingerprint density at radius 1 is 1.13 bits per heavy atom. The van der Waals surface area contributed by atoms with E-state index in [-0.39, 0.29) is 31.1 Å². The lowest BCUT2D eigenvalue weighted by atomic mass is 9.44. The van der Waals surface area contributed by atoms with Crippen LogP contribution < -0.4 is 0 Å². The number of rotatable bonds is 3. The first-order chi connectivity index (χ1) is 17.7. The Balaban J connectivity index is 1.78. The van der Waals surface area contributed by atoms with Gasteiger partial charge in [-0.1, -0.05) is 45.9 Å². The van der Waals surface area contributed by atoms with Crippen LogP contribution in [0, 0.1) is 22.7 Å². The van der Waals surface area contributed by atoms with Gasteiger partial charge in [0, 0.05) is 36.7 Å². The molecular formula is C30H38O8. The first kappa shape index (κ1) is 27.0. The van der Waals surface area contributed by atoms with Crippen LogP contribution in [0.25, 0.3) is 0 Å². The molecule has 8 heteroatoms. The maximum Gasteiger partial charge on any atom is 0.338 e. The molecule has 8 atom stereocenters. The van der Waals surface area contributed by atoms with E-state index >= 15 is 0 Å². The number of aliphatic hydroxyl groups excluding tert-OH is 1. The highest BCUT2D eigenvalue weighted by Gasteiger charge is 2.75. The number of ketones is 1. The van der Waals surface area contributed by atoms with E-state index in [9.17, 15) is 24.6 Å². The average Bonchev–Trinajstić information content (AvgIpc) is 2.83. The second kappa shape index (κ2) is 8.73. The van der Waals surface area contributed by atoms with Crippen molar-refractivity contribution in [2.45, 2.75) is 90.3 Å². The van der Waals surface area contributed by atoms with E-state index in [0.29, 0.717) is 23.1 Å². The second-order valence-corrected chi connectivity index (χ2v) is 12.6. The van der Waals surface area contributed by atoms with E-state index in [2.05, 4.69) is 0 Å². The lowest BCUT2D eigenvalue weighted by Gasteiger charge is -2.68. The number of esters is 2. The van der Waals surface area contributed by atoms with Gasteiger partial charge in [-0.2, -0.15) is 0 Å². The highest BCUT2D eigenvalue weighted by atomic mass is 16.6. The number of carbonyl (C=O) groups is 3. The summed E-state index contributed by atoms with van der Waals surface area (Å²) < 4.78 is 18.3. The molecule has 3 aliphatic carbocycles. The zero-order valence-electron chi connectivity index (χ0n) is 22.9. The lowest BCUT2D eigenvalue weighted by molar-refractivity contribution is -0.343. The van der Waals surface area contributed by atoms with Crippen molar-refractivity contribution in [3.63, 3.8) is 0 Å². The maximum atomic E-state index is 14.1. The van der Waals surface area contributed by atoms with E-state index in [1.54, 1.807) is 51.1 Å². The maximum absolute atomic E-state index is 14.1. The fourth-order valence-electron chi connectivity index (χ4n) is 7.94. The average molecular weight is 527 g/mol. The molecular weight excluding hydrogens is 488 g/mol. The largest absolute Gasteiger partial charge is 0.455 e. The highest BCUT2D eigenvalue weighted by molar-refractivity contribution is 5.99. The Labute approximate surface area is 223 Å². The summed E-state index contributed by atoms with van der Waals surface area (Å²) in [7, 11) is 0. The summed E-state index contributed by atoms with van der Waals surface area (Å²) in [6.45, 7) is 10.6. The van der Waals surface area contributed by atoms with Gasteiger partial charge in [0.2, 0.25) is 0 Å². The first-order valence-corrected chi connectivity index (χ1v) is 13.4. The summed E-state index contributed by atoms with van der Waals surface area (Å²) in [4.78, 5) is 40.1. The smallest absolute Gasteiger partial charge is 0.338 e. The van der Waals surface area contributed by atoms with Crippen LogP contribution in [0.5, 0.6) is 0 Å². The van der Waals surface area contributed by atoms with Crippen molar-refractivity contribution >= 4 is 17.7 Å². The second-order valence-electron chi connectivity index (χ2n) is 12.6. The van der Waals surface area contributed by atoms with Crippen LogP contribution in [0.3, 0.4) is 0 Å². The third-order valence-corrected chi connectivity index (χ3v) is 10.3. The minimum atomic E-state index is -1.85. The van der Waals surface area contributed by atoms with Gasteiger partial charge < -0.3 is 24.4 Å². The molecule has 1 saturated heterocycles. The number of hydrogen-bond acceptors (Lipinski definition) is 8. The normalized spacial score (nSPS) is 41.6. The van der Waals surface area contributed by atoms with Crippen molar-refractivity contribution in [3.8, 4) is 0 Å². The zero-order valence-corrected chi connectivity index (χ0v) is 22.9.